The molecule has 6 heteroatoms. The molecule has 6 nitrogen and oxygen atoms in total. The van der Waals surface area contributed by atoms with Gasteiger partial charge >= 0.3 is 0 Å². The van der Waals surface area contributed by atoms with Crippen molar-refractivity contribution >= 4 is 11.8 Å². The lowest BCUT2D eigenvalue weighted by Gasteiger charge is -2.34. The molecular weight excluding hydrogens is 228 g/mol. The molecule has 92 valence electrons. The van der Waals surface area contributed by atoms with Gasteiger partial charge in [-0.2, -0.15) is 5.10 Å². The van der Waals surface area contributed by atoms with E-state index in [2.05, 4.69) is 30.0 Å². The fourth-order valence-corrected chi connectivity index (χ4v) is 2.05. The summed E-state index contributed by atoms with van der Waals surface area (Å²) in [6.07, 6.45) is 5.24. The fraction of sp³-hybridized carbons (Fsp3) is 0.333. The van der Waals surface area contributed by atoms with Gasteiger partial charge in [0.15, 0.2) is 5.82 Å². The lowest BCUT2D eigenvalue weighted by Crippen LogP contribution is -2.47. The molecule has 2 aromatic heterocycles. The van der Waals surface area contributed by atoms with Crippen LogP contribution < -0.4 is 9.80 Å². The molecule has 0 atom stereocenters. The van der Waals surface area contributed by atoms with Crippen LogP contribution in [0.15, 0.2) is 36.8 Å². The summed E-state index contributed by atoms with van der Waals surface area (Å²) in [6, 6.07) is 5.73. The van der Waals surface area contributed by atoms with Crippen LogP contribution in [0.3, 0.4) is 0 Å². The van der Waals surface area contributed by atoms with Crippen molar-refractivity contribution in [2.45, 2.75) is 0 Å². The lowest BCUT2D eigenvalue weighted by atomic mass is 10.3. The maximum absolute atomic E-state index is 4.27. The average molecular weight is 242 g/mol. The van der Waals surface area contributed by atoms with E-state index in [1.165, 1.54) is 0 Å². The molecule has 0 saturated carbocycles. The van der Waals surface area contributed by atoms with Crippen molar-refractivity contribution in [2.24, 2.45) is 0 Å². The Bertz CT molecular complexity index is 433. The van der Waals surface area contributed by atoms with Gasteiger partial charge in [-0.3, -0.25) is 0 Å². The number of aromatic nitrogens is 4. The van der Waals surface area contributed by atoms with Gasteiger partial charge in [-0.05, 0) is 18.2 Å². The second kappa shape index (κ2) is 4.95. The van der Waals surface area contributed by atoms with Gasteiger partial charge in [-0.25, -0.2) is 9.97 Å². The highest BCUT2D eigenvalue weighted by molar-refractivity contribution is 5.40. The largest absolute Gasteiger partial charge is 0.352 e. The average Bonchev–Trinajstić information content (AvgIpc) is 2.49. The first-order valence-corrected chi connectivity index (χ1v) is 5.98. The molecule has 0 amide bonds. The van der Waals surface area contributed by atoms with Crippen LogP contribution in [0.2, 0.25) is 0 Å². The van der Waals surface area contributed by atoms with Gasteiger partial charge in [0.05, 0.1) is 0 Å². The summed E-state index contributed by atoms with van der Waals surface area (Å²) >= 11 is 0. The third-order valence-corrected chi connectivity index (χ3v) is 3.00. The van der Waals surface area contributed by atoms with Crippen LogP contribution in [0, 0.1) is 0 Å². The van der Waals surface area contributed by atoms with Crippen molar-refractivity contribution in [3.8, 4) is 0 Å². The summed E-state index contributed by atoms with van der Waals surface area (Å²) in [7, 11) is 0. The summed E-state index contributed by atoms with van der Waals surface area (Å²) in [5, 5.41) is 8.03. The maximum atomic E-state index is 4.27. The van der Waals surface area contributed by atoms with E-state index in [9.17, 15) is 0 Å². The van der Waals surface area contributed by atoms with Crippen molar-refractivity contribution in [2.75, 3.05) is 36.0 Å². The van der Waals surface area contributed by atoms with Crippen LogP contribution >= 0.6 is 0 Å². The lowest BCUT2D eigenvalue weighted by molar-refractivity contribution is 0.631. The van der Waals surface area contributed by atoms with E-state index in [-0.39, 0.29) is 0 Å². The molecule has 3 heterocycles. The first-order chi connectivity index (χ1) is 8.93. The molecule has 0 N–H and O–H groups in total. The number of hydrogen-bond acceptors (Lipinski definition) is 6. The molecule has 1 aliphatic heterocycles. The van der Waals surface area contributed by atoms with Crippen molar-refractivity contribution in [3.63, 3.8) is 0 Å². The van der Waals surface area contributed by atoms with Gasteiger partial charge in [0.2, 0.25) is 5.95 Å². The molecule has 1 fully saturated rings. The highest BCUT2D eigenvalue weighted by Crippen LogP contribution is 2.14. The molecule has 3 rings (SSSR count). The molecule has 1 saturated heterocycles. The predicted octanol–water partition coefficient (Wildman–Crippen LogP) is 0.593. The Morgan fingerprint density at radius 3 is 2.22 bits per heavy atom. The molecule has 2 aromatic rings. The minimum Gasteiger partial charge on any atom is -0.352 e. The quantitative estimate of drug-likeness (QED) is 0.768. The van der Waals surface area contributed by atoms with Crippen molar-refractivity contribution in [1.29, 1.82) is 0 Å². The van der Waals surface area contributed by atoms with Gasteiger partial charge in [0, 0.05) is 44.8 Å². The summed E-state index contributed by atoms with van der Waals surface area (Å²) in [5.74, 6) is 1.74. The number of piperazine rings is 1. The number of hydrogen-bond donors (Lipinski definition) is 0. The van der Waals surface area contributed by atoms with E-state index in [1.807, 2.05) is 18.2 Å². The molecule has 1 aliphatic rings. The van der Waals surface area contributed by atoms with E-state index in [4.69, 9.17) is 0 Å². The molecule has 0 aliphatic carbocycles. The normalized spacial score (nSPS) is 15.8. The highest BCUT2D eigenvalue weighted by atomic mass is 15.3. The van der Waals surface area contributed by atoms with E-state index in [1.54, 1.807) is 18.6 Å². The molecule has 0 bridgehead atoms. The van der Waals surface area contributed by atoms with Gasteiger partial charge in [-0.1, -0.05) is 0 Å². The summed E-state index contributed by atoms with van der Waals surface area (Å²) in [4.78, 5) is 13.0. The van der Waals surface area contributed by atoms with Crippen molar-refractivity contribution in [1.82, 2.24) is 20.2 Å². The molecule has 0 radical (unpaired) electrons. The van der Waals surface area contributed by atoms with E-state index < -0.39 is 0 Å². The second-order valence-corrected chi connectivity index (χ2v) is 4.10. The van der Waals surface area contributed by atoms with Crippen molar-refractivity contribution in [3.05, 3.63) is 36.8 Å². The standard InChI is InChI=1S/C12H14N6/c1-3-11(16-15-6-1)17-7-9-18(10-8-17)12-13-4-2-5-14-12/h1-6H,7-10H2. The fourth-order valence-electron chi connectivity index (χ4n) is 2.05. The molecule has 0 aromatic carbocycles. The monoisotopic (exact) mass is 242 g/mol. The summed E-state index contributed by atoms with van der Waals surface area (Å²) in [6.45, 7) is 3.63. The van der Waals surface area contributed by atoms with Gasteiger partial charge < -0.3 is 9.80 Å². The zero-order valence-corrected chi connectivity index (χ0v) is 9.98. The Balaban J connectivity index is 1.65. The molecule has 0 unspecified atom stereocenters. The number of anilines is 2. The Hall–Kier alpha value is -2.24. The van der Waals surface area contributed by atoms with Crippen LogP contribution in [-0.2, 0) is 0 Å². The topological polar surface area (TPSA) is 58.0 Å². The Labute approximate surface area is 105 Å². The van der Waals surface area contributed by atoms with Crippen LogP contribution in [0.4, 0.5) is 11.8 Å². The first-order valence-electron chi connectivity index (χ1n) is 5.98. The van der Waals surface area contributed by atoms with Crippen LogP contribution in [0.5, 0.6) is 0 Å². The predicted molar refractivity (Wildman–Crippen MR) is 68.5 cm³/mol. The molecule has 18 heavy (non-hydrogen) atoms. The van der Waals surface area contributed by atoms with Crippen LogP contribution in [0.25, 0.3) is 0 Å². The minimum absolute atomic E-state index is 0.802. The summed E-state index contributed by atoms with van der Waals surface area (Å²) < 4.78 is 0. The number of nitrogens with zero attached hydrogens (tertiary/aromatic N) is 6. The molecular formula is C12H14N6. The molecule has 0 spiro atoms. The number of rotatable bonds is 2. The van der Waals surface area contributed by atoms with Gasteiger partial charge in [0.1, 0.15) is 0 Å². The van der Waals surface area contributed by atoms with Gasteiger partial charge in [0.25, 0.3) is 0 Å². The zero-order valence-electron chi connectivity index (χ0n) is 9.98. The van der Waals surface area contributed by atoms with E-state index in [0.717, 1.165) is 37.9 Å². The first kappa shape index (κ1) is 10.9. The maximum Gasteiger partial charge on any atom is 0.225 e. The SMILES string of the molecule is c1cnc(N2CCN(c3cccnn3)CC2)nc1. The zero-order chi connectivity index (χ0) is 12.2. The third kappa shape index (κ3) is 2.22. The summed E-state index contributed by atoms with van der Waals surface area (Å²) in [5.41, 5.74) is 0. The van der Waals surface area contributed by atoms with E-state index in [0.29, 0.717) is 0 Å². The smallest absolute Gasteiger partial charge is 0.225 e. The van der Waals surface area contributed by atoms with Crippen LogP contribution in [-0.4, -0.2) is 46.3 Å². The van der Waals surface area contributed by atoms with E-state index >= 15 is 0 Å². The van der Waals surface area contributed by atoms with Crippen LogP contribution in [0.1, 0.15) is 0 Å². The Morgan fingerprint density at radius 1 is 0.833 bits per heavy atom. The van der Waals surface area contributed by atoms with Crippen molar-refractivity contribution < 1.29 is 0 Å². The Morgan fingerprint density at radius 2 is 1.56 bits per heavy atom. The second-order valence-electron chi connectivity index (χ2n) is 4.10. The third-order valence-electron chi connectivity index (χ3n) is 3.00. The minimum atomic E-state index is 0.802. The van der Waals surface area contributed by atoms with Gasteiger partial charge in [-0.15, -0.1) is 5.10 Å². The highest BCUT2D eigenvalue weighted by Gasteiger charge is 2.19. The Kier molecular flexibility index (Phi) is 2.99.